The van der Waals surface area contributed by atoms with Gasteiger partial charge in [0.1, 0.15) is 0 Å². The zero-order valence-corrected chi connectivity index (χ0v) is 10.6. The van der Waals surface area contributed by atoms with Crippen molar-refractivity contribution in [3.63, 3.8) is 0 Å². The molecule has 18 heavy (non-hydrogen) atoms. The first-order chi connectivity index (χ1) is 8.51. The Hall–Kier alpha value is -1.98. The van der Waals surface area contributed by atoms with Gasteiger partial charge >= 0.3 is 11.0 Å². The van der Waals surface area contributed by atoms with Crippen LogP contribution in [-0.4, -0.2) is 30.8 Å². The van der Waals surface area contributed by atoms with E-state index in [9.17, 15) is 13.2 Å². The van der Waals surface area contributed by atoms with Gasteiger partial charge in [-0.2, -0.15) is 0 Å². The van der Waals surface area contributed by atoms with Crippen LogP contribution in [0.2, 0.25) is 0 Å². The lowest BCUT2D eigenvalue weighted by Crippen LogP contribution is -2.28. The average Bonchev–Trinajstić information content (AvgIpc) is 2.30. The summed E-state index contributed by atoms with van der Waals surface area (Å²) < 4.78 is 28.2. The van der Waals surface area contributed by atoms with Crippen LogP contribution >= 0.6 is 0 Å². The van der Waals surface area contributed by atoms with E-state index in [1.807, 2.05) is 0 Å². The maximum Gasteiger partial charge on any atom is 0.489 e. The standard InChI is InChI=1S/C11H12N2O4S/c1-2-17-11(14)10(13-12)18(15,16)8-9-6-4-3-5-7-9/h3-7H,2,8H2,1H3. The van der Waals surface area contributed by atoms with Crippen molar-refractivity contribution < 1.29 is 22.7 Å². The van der Waals surface area contributed by atoms with Gasteiger partial charge in [-0.15, -0.1) is 4.79 Å². The second kappa shape index (κ2) is 6.09. The minimum Gasteiger partial charge on any atom is -0.457 e. The van der Waals surface area contributed by atoms with Gasteiger partial charge in [-0.05, 0) is 12.5 Å². The van der Waals surface area contributed by atoms with Crippen molar-refractivity contribution in [1.29, 1.82) is 0 Å². The molecule has 1 aromatic carbocycles. The van der Waals surface area contributed by atoms with Gasteiger partial charge in [0.15, 0.2) is 0 Å². The van der Waals surface area contributed by atoms with Crippen LogP contribution in [0.15, 0.2) is 30.3 Å². The van der Waals surface area contributed by atoms with Crippen molar-refractivity contribution in [1.82, 2.24) is 0 Å². The first-order valence-electron chi connectivity index (χ1n) is 5.17. The topological polar surface area (TPSA) is 96.8 Å². The van der Waals surface area contributed by atoms with Crippen molar-refractivity contribution in [2.24, 2.45) is 0 Å². The number of carbonyl (C=O) groups excluding carboxylic acids is 1. The molecule has 0 bridgehead atoms. The summed E-state index contributed by atoms with van der Waals surface area (Å²) in [6.07, 6.45) is 0. The molecular weight excluding hydrogens is 256 g/mol. The summed E-state index contributed by atoms with van der Waals surface area (Å²) in [6, 6.07) is 8.27. The number of rotatable bonds is 3. The van der Waals surface area contributed by atoms with E-state index in [1.165, 1.54) is 6.92 Å². The highest BCUT2D eigenvalue weighted by Gasteiger charge is 2.37. The lowest BCUT2D eigenvalue weighted by Gasteiger charge is -2.00. The van der Waals surface area contributed by atoms with E-state index in [1.54, 1.807) is 30.3 Å². The molecule has 0 atom stereocenters. The molecule has 0 saturated carbocycles. The van der Waals surface area contributed by atoms with E-state index in [0.29, 0.717) is 5.56 Å². The van der Waals surface area contributed by atoms with Gasteiger partial charge < -0.3 is 10.3 Å². The average molecular weight is 268 g/mol. The number of benzene rings is 1. The number of carbonyl (C=O) groups is 1. The largest absolute Gasteiger partial charge is 0.489 e. The Balaban J connectivity index is 2.99. The molecule has 7 heteroatoms. The van der Waals surface area contributed by atoms with Crippen LogP contribution in [0.1, 0.15) is 12.5 Å². The number of ether oxygens (including phenoxy) is 1. The van der Waals surface area contributed by atoms with Crippen LogP contribution in [0.4, 0.5) is 0 Å². The molecule has 0 aliphatic carbocycles. The van der Waals surface area contributed by atoms with Crippen molar-refractivity contribution in [3.05, 3.63) is 41.4 Å². The molecular formula is C11H12N2O4S. The predicted molar refractivity (Wildman–Crippen MR) is 64.3 cm³/mol. The monoisotopic (exact) mass is 268 g/mol. The number of hydrogen-bond acceptors (Lipinski definition) is 4. The molecule has 0 spiro atoms. The van der Waals surface area contributed by atoms with Crippen LogP contribution in [0, 0.1) is 0 Å². The highest BCUT2D eigenvalue weighted by molar-refractivity contribution is 8.07. The Labute approximate surface area is 105 Å². The molecule has 0 heterocycles. The number of sulfone groups is 1. The molecule has 6 nitrogen and oxygen atoms in total. The van der Waals surface area contributed by atoms with E-state index < -0.39 is 26.6 Å². The first-order valence-corrected chi connectivity index (χ1v) is 6.82. The Bertz CT molecular complexity index is 574. The maximum absolute atomic E-state index is 11.9. The fraction of sp³-hybridized carbons (Fsp3) is 0.273. The lowest BCUT2D eigenvalue weighted by molar-refractivity contribution is -0.138. The third kappa shape index (κ3) is 3.51. The highest BCUT2D eigenvalue weighted by Crippen LogP contribution is 2.07. The summed E-state index contributed by atoms with van der Waals surface area (Å²) in [4.78, 5) is 13.8. The molecule has 1 aromatic rings. The second-order valence-corrected chi connectivity index (χ2v) is 5.28. The second-order valence-electron chi connectivity index (χ2n) is 3.37. The molecule has 0 fully saturated rings. The quantitative estimate of drug-likeness (QED) is 0.266. The fourth-order valence-electron chi connectivity index (χ4n) is 1.28. The Morgan fingerprint density at radius 3 is 2.44 bits per heavy atom. The van der Waals surface area contributed by atoms with E-state index in [-0.39, 0.29) is 6.61 Å². The van der Waals surface area contributed by atoms with Crippen molar-refractivity contribution in [2.45, 2.75) is 12.7 Å². The number of hydrogen-bond donors (Lipinski definition) is 0. The van der Waals surface area contributed by atoms with Crippen LogP contribution in [0.25, 0.3) is 5.53 Å². The minimum atomic E-state index is -4.02. The van der Waals surface area contributed by atoms with E-state index in [0.717, 1.165) is 0 Å². The van der Waals surface area contributed by atoms with Crippen molar-refractivity contribution in [2.75, 3.05) is 6.61 Å². The molecule has 0 saturated heterocycles. The Morgan fingerprint density at radius 2 is 1.94 bits per heavy atom. The summed E-state index contributed by atoms with van der Waals surface area (Å²) >= 11 is 0. The smallest absolute Gasteiger partial charge is 0.457 e. The summed E-state index contributed by atoms with van der Waals surface area (Å²) in [5.41, 5.74) is 9.13. The van der Waals surface area contributed by atoms with Gasteiger partial charge in [0.05, 0.1) is 12.4 Å². The molecule has 0 unspecified atom stereocenters. The normalized spacial score (nSPS) is 10.5. The molecule has 0 radical (unpaired) electrons. The molecule has 0 amide bonds. The number of nitrogens with zero attached hydrogens (tertiary/aromatic N) is 2. The van der Waals surface area contributed by atoms with Crippen LogP contribution < -0.4 is 0 Å². The number of esters is 1. The molecule has 0 aromatic heterocycles. The third-order valence-corrected chi connectivity index (χ3v) is 3.59. The summed E-state index contributed by atoms with van der Waals surface area (Å²) in [6.45, 7) is 1.52. The summed E-state index contributed by atoms with van der Waals surface area (Å²) in [7, 11) is -4.02. The molecule has 96 valence electrons. The van der Waals surface area contributed by atoms with Crippen molar-refractivity contribution >= 4 is 20.9 Å². The molecule has 0 aliphatic rings. The molecule has 0 aliphatic heterocycles. The fourth-order valence-corrected chi connectivity index (χ4v) is 2.49. The van der Waals surface area contributed by atoms with Gasteiger partial charge in [0.25, 0.3) is 9.84 Å². The van der Waals surface area contributed by atoms with Gasteiger partial charge in [0.2, 0.25) is 0 Å². The predicted octanol–water partition coefficient (Wildman–Crippen LogP) is 0.793. The van der Waals surface area contributed by atoms with E-state index >= 15 is 0 Å². The van der Waals surface area contributed by atoms with Gasteiger partial charge in [0, 0.05) is 0 Å². The zero-order chi connectivity index (χ0) is 13.6. The minimum absolute atomic E-state index is 0.00128. The van der Waals surface area contributed by atoms with E-state index in [4.69, 9.17) is 5.53 Å². The van der Waals surface area contributed by atoms with Gasteiger partial charge in [-0.1, -0.05) is 30.3 Å². The SMILES string of the molecule is CCOC(=O)C(=[N+]=[N-])S(=O)(=O)Cc1ccccc1. The van der Waals surface area contributed by atoms with Crippen LogP contribution in [0.3, 0.4) is 0 Å². The maximum atomic E-state index is 11.9. The molecule has 0 N–H and O–H groups in total. The third-order valence-electron chi connectivity index (χ3n) is 2.03. The van der Waals surface area contributed by atoms with Gasteiger partial charge in [-0.25, -0.2) is 13.2 Å². The van der Waals surface area contributed by atoms with E-state index in [2.05, 4.69) is 9.53 Å². The van der Waals surface area contributed by atoms with Crippen molar-refractivity contribution in [3.8, 4) is 0 Å². The lowest BCUT2D eigenvalue weighted by atomic mass is 10.2. The highest BCUT2D eigenvalue weighted by atomic mass is 32.2. The Kier molecular flexibility index (Phi) is 4.76. The van der Waals surface area contributed by atoms with Crippen LogP contribution in [0.5, 0.6) is 0 Å². The van der Waals surface area contributed by atoms with Gasteiger partial charge in [-0.3, -0.25) is 0 Å². The zero-order valence-electron chi connectivity index (χ0n) is 9.74. The first kappa shape index (κ1) is 14.1. The Morgan fingerprint density at radius 1 is 1.33 bits per heavy atom. The molecule has 1 rings (SSSR count). The van der Waals surface area contributed by atoms with Crippen LogP contribution in [-0.2, 0) is 25.1 Å². The summed E-state index contributed by atoms with van der Waals surface area (Å²) in [5, 5.41) is -0.979. The summed E-state index contributed by atoms with van der Waals surface area (Å²) in [5.74, 6) is -1.58.